The predicted octanol–water partition coefficient (Wildman–Crippen LogP) is 2.56. The lowest BCUT2D eigenvalue weighted by Crippen LogP contribution is -2.47. The van der Waals surface area contributed by atoms with Gasteiger partial charge in [-0.3, -0.25) is 14.7 Å². The number of hydrogen-bond acceptors (Lipinski definition) is 4. The van der Waals surface area contributed by atoms with Gasteiger partial charge in [0.2, 0.25) is 5.91 Å². The standard InChI is InChI=1S/C19H23ClN4O/c20-17-3-5-18(6-4-17)24-12-10-23(11-13-24)9-7-19(25)22-15-16-2-1-8-21-14-16/h1-6,8,14H,7,9-13,15H2,(H,22,25). The van der Waals surface area contributed by atoms with E-state index in [0.717, 1.165) is 43.3 Å². The van der Waals surface area contributed by atoms with Crippen molar-refractivity contribution >= 4 is 23.2 Å². The van der Waals surface area contributed by atoms with E-state index in [1.807, 2.05) is 24.3 Å². The lowest BCUT2D eigenvalue weighted by molar-refractivity contribution is -0.121. The first-order chi connectivity index (χ1) is 12.2. The Balaban J connectivity index is 1.36. The molecule has 1 aliphatic heterocycles. The highest BCUT2D eigenvalue weighted by Gasteiger charge is 2.17. The Labute approximate surface area is 153 Å². The normalized spacial score (nSPS) is 15.2. The molecule has 0 unspecified atom stereocenters. The van der Waals surface area contributed by atoms with Crippen LogP contribution in [0.5, 0.6) is 0 Å². The molecule has 2 heterocycles. The molecule has 1 aromatic heterocycles. The van der Waals surface area contributed by atoms with Crippen LogP contribution in [0.25, 0.3) is 0 Å². The van der Waals surface area contributed by atoms with Gasteiger partial charge in [0.1, 0.15) is 0 Å². The van der Waals surface area contributed by atoms with Crippen LogP contribution in [-0.2, 0) is 11.3 Å². The van der Waals surface area contributed by atoms with Crippen molar-refractivity contribution in [2.45, 2.75) is 13.0 Å². The summed E-state index contributed by atoms with van der Waals surface area (Å²) in [4.78, 5) is 20.7. The van der Waals surface area contributed by atoms with Gasteiger partial charge in [0.05, 0.1) is 0 Å². The average molecular weight is 359 g/mol. The van der Waals surface area contributed by atoms with Crippen LogP contribution in [0.4, 0.5) is 5.69 Å². The van der Waals surface area contributed by atoms with Gasteiger partial charge in [-0.15, -0.1) is 0 Å². The zero-order valence-electron chi connectivity index (χ0n) is 14.2. The van der Waals surface area contributed by atoms with Crippen LogP contribution in [0.15, 0.2) is 48.8 Å². The minimum absolute atomic E-state index is 0.0870. The summed E-state index contributed by atoms with van der Waals surface area (Å²) < 4.78 is 0. The summed E-state index contributed by atoms with van der Waals surface area (Å²) in [5.41, 5.74) is 2.23. The first-order valence-electron chi connectivity index (χ1n) is 8.59. The van der Waals surface area contributed by atoms with E-state index in [9.17, 15) is 4.79 Å². The number of anilines is 1. The molecule has 0 saturated carbocycles. The minimum atomic E-state index is 0.0870. The Kier molecular flexibility index (Phi) is 6.25. The zero-order valence-corrected chi connectivity index (χ0v) is 15.0. The zero-order chi connectivity index (χ0) is 17.5. The lowest BCUT2D eigenvalue weighted by Gasteiger charge is -2.36. The minimum Gasteiger partial charge on any atom is -0.369 e. The van der Waals surface area contributed by atoms with Crippen LogP contribution in [0.3, 0.4) is 0 Å². The van der Waals surface area contributed by atoms with Crippen molar-refractivity contribution in [3.8, 4) is 0 Å². The van der Waals surface area contributed by atoms with Gasteiger partial charge in [0.15, 0.2) is 0 Å². The van der Waals surface area contributed by atoms with E-state index in [1.54, 1.807) is 12.4 Å². The second kappa shape index (κ2) is 8.83. The predicted molar refractivity (Wildman–Crippen MR) is 101 cm³/mol. The number of piperazine rings is 1. The molecular weight excluding hydrogens is 336 g/mol. The highest BCUT2D eigenvalue weighted by Crippen LogP contribution is 2.19. The van der Waals surface area contributed by atoms with Crippen LogP contribution in [0.2, 0.25) is 5.02 Å². The van der Waals surface area contributed by atoms with E-state index in [4.69, 9.17) is 11.6 Å². The number of nitrogens with zero attached hydrogens (tertiary/aromatic N) is 3. The second-order valence-corrected chi connectivity index (χ2v) is 6.63. The van der Waals surface area contributed by atoms with E-state index in [-0.39, 0.29) is 5.91 Å². The lowest BCUT2D eigenvalue weighted by atomic mass is 10.2. The molecule has 0 atom stereocenters. The number of amides is 1. The fourth-order valence-corrected chi connectivity index (χ4v) is 3.06. The van der Waals surface area contributed by atoms with Crippen LogP contribution < -0.4 is 10.2 Å². The van der Waals surface area contributed by atoms with Crippen LogP contribution in [0, 0.1) is 0 Å². The molecule has 1 aromatic carbocycles. The third-order valence-corrected chi connectivity index (χ3v) is 4.68. The highest BCUT2D eigenvalue weighted by atomic mass is 35.5. The number of nitrogens with one attached hydrogen (secondary N) is 1. The third-order valence-electron chi connectivity index (χ3n) is 4.43. The van der Waals surface area contributed by atoms with Gasteiger partial charge in [0, 0.05) is 68.8 Å². The molecule has 3 rings (SSSR count). The number of rotatable bonds is 6. The molecule has 0 radical (unpaired) electrons. The largest absolute Gasteiger partial charge is 0.369 e. The maximum atomic E-state index is 12.0. The molecule has 132 valence electrons. The maximum absolute atomic E-state index is 12.0. The van der Waals surface area contributed by atoms with Gasteiger partial charge in [-0.1, -0.05) is 17.7 Å². The van der Waals surface area contributed by atoms with E-state index >= 15 is 0 Å². The Hall–Kier alpha value is -2.11. The van der Waals surface area contributed by atoms with Crippen molar-refractivity contribution in [2.75, 3.05) is 37.6 Å². The van der Waals surface area contributed by atoms with Crippen LogP contribution in [0.1, 0.15) is 12.0 Å². The summed E-state index contributed by atoms with van der Waals surface area (Å²) >= 11 is 5.94. The topological polar surface area (TPSA) is 48.5 Å². The van der Waals surface area contributed by atoms with Crippen molar-refractivity contribution < 1.29 is 4.79 Å². The Bertz CT molecular complexity index is 670. The average Bonchev–Trinajstić information content (AvgIpc) is 2.67. The van der Waals surface area contributed by atoms with Crippen molar-refractivity contribution in [3.05, 3.63) is 59.4 Å². The summed E-state index contributed by atoms with van der Waals surface area (Å²) in [6, 6.07) is 11.8. The Morgan fingerprint density at radius 2 is 1.88 bits per heavy atom. The number of halogens is 1. The number of hydrogen-bond donors (Lipinski definition) is 1. The molecule has 0 spiro atoms. The van der Waals surface area contributed by atoms with Gasteiger partial charge in [-0.2, -0.15) is 0 Å². The second-order valence-electron chi connectivity index (χ2n) is 6.19. The van der Waals surface area contributed by atoms with E-state index < -0.39 is 0 Å². The third kappa shape index (κ3) is 5.44. The summed E-state index contributed by atoms with van der Waals surface area (Å²) in [7, 11) is 0. The van der Waals surface area contributed by atoms with Crippen molar-refractivity contribution in [1.29, 1.82) is 0 Å². The molecule has 6 heteroatoms. The van der Waals surface area contributed by atoms with Crippen molar-refractivity contribution in [2.24, 2.45) is 0 Å². The van der Waals surface area contributed by atoms with E-state index in [0.29, 0.717) is 13.0 Å². The molecule has 1 aliphatic rings. The van der Waals surface area contributed by atoms with Gasteiger partial charge in [-0.05, 0) is 35.9 Å². The van der Waals surface area contributed by atoms with Crippen LogP contribution >= 0.6 is 11.6 Å². The highest BCUT2D eigenvalue weighted by molar-refractivity contribution is 6.30. The first-order valence-corrected chi connectivity index (χ1v) is 8.97. The number of carbonyl (C=O) groups excluding carboxylic acids is 1. The van der Waals surface area contributed by atoms with Crippen molar-refractivity contribution in [3.63, 3.8) is 0 Å². The summed E-state index contributed by atoms with van der Waals surface area (Å²) in [6.45, 7) is 5.22. The van der Waals surface area contributed by atoms with E-state index in [1.165, 1.54) is 5.69 Å². The maximum Gasteiger partial charge on any atom is 0.221 e. The first kappa shape index (κ1) is 17.7. The van der Waals surface area contributed by atoms with Crippen LogP contribution in [-0.4, -0.2) is 48.5 Å². The molecule has 0 aliphatic carbocycles. The van der Waals surface area contributed by atoms with Gasteiger partial charge < -0.3 is 10.2 Å². The number of benzene rings is 1. The van der Waals surface area contributed by atoms with Crippen molar-refractivity contribution in [1.82, 2.24) is 15.2 Å². The quantitative estimate of drug-likeness (QED) is 0.862. The molecule has 1 N–H and O–H groups in total. The fraction of sp³-hybridized carbons (Fsp3) is 0.368. The SMILES string of the molecule is O=C(CCN1CCN(c2ccc(Cl)cc2)CC1)NCc1cccnc1. The van der Waals surface area contributed by atoms with Gasteiger partial charge in [0.25, 0.3) is 0 Å². The molecule has 0 bridgehead atoms. The summed E-state index contributed by atoms with van der Waals surface area (Å²) in [5.74, 6) is 0.0870. The molecule has 1 amide bonds. The van der Waals surface area contributed by atoms with Gasteiger partial charge >= 0.3 is 0 Å². The molecule has 5 nitrogen and oxygen atoms in total. The molecular formula is C19H23ClN4O. The number of carbonyl (C=O) groups is 1. The summed E-state index contributed by atoms with van der Waals surface area (Å²) in [5, 5.41) is 3.71. The fourth-order valence-electron chi connectivity index (χ4n) is 2.93. The van der Waals surface area contributed by atoms with E-state index in [2.05, 4.69) is 32.2 Å². The Morgan fingerprint density at radius 1 is 1.12 bits per heavy atom. The molecule has 2 aromatic rings. The molecule has 1 saturated heterocycles. The van der Waals surface area contributed by atoms with Gasteiger partial charge in [-0.25, -0.2) is 0 Å². The Morgan fingerprint density at radius 3 is 2.56 bits per heavy atom. The number of pyridine rings is 1. The number of aromatic nitrogens is 1. The summed E-state index contributed by atoms with van der Waals surface area (Å²) in [6.07, 6.45) is 4.03. The molecule has 25 heavy (non-hydrogen) atoms. The monoisotopic (exact) mass is 358 g/mol. The smallest absolute Gasteiger partial charge is 0.221 e. The molecule has 1 fully saturated rings.